The summed E-state index contributed by atoms with van der Waals surface area (Å²) in [5, 5.41) is 5.15. The van der Waals surface area contributed by atoms with Crippen molar-refractivity contribution in [3.05, 3.63) is 28.5 Å². The van der Waals surface area contributed by atoms with Crippen molar-refractivity contribution in [1.82, 2.24) is 4.98 Å². The lowest BCUT2D eigenvalue weighted by Crippen LogP contribution is -2.14. The number of hydrogen-bond acceptors (Lipinski definition) is 3. The molecule has 72 valence electrons. The van der Waals surface area contributed by atoms with Gasteiger partial charge < -0.3 is 0 Å². The maximum atomic E-state index is 10.7. The predicted molar refractivity (Wildman–Crippen MR) is 50.8 cm³/mol. The summed E-state index contributed by atoms with van der Waals surface area (Å²) in [5.41, 5.74) is 1.23. The molecule has 0 spiro atoms. The number of pyridine rings is 1. The normalized spacial score (nSPS) is 11.6. The van der Waals surface area contributed by atoms with E-state index in [0.29, 0.717) is 11.3 Å². The zero-order chi connectivity index (χ0) is 10.1. The number of nitrogens with zero attached hydrogens (tertiary/aromatic N) is 1. The Morgan fingerprint density at radius 3 is 2.62 bits per heavy atom. The third-order valence-corrected chi connectivity index (χ3v) is 2.28. The van der Waals surface area contributed by atoms with Crippen LogP contribution >= 0.6 is 11.6 Å². The molecule has 0 fully saturated rings. The van der Waals surface area contributed by atoms with Crippen molar-refractivity contribution in [1.29, 1.82) is 0 Å². The summed E-state index contributed by atoms with van der Waals surface area (Å²) in [6.07, 6.45) is 0. The molecule has 0 unspecified atom stereocenters. The maximum absolute atomic E-state index is 10.7. The highest BCUT2D eigenvalue weighted by molar-refractivity contribution is 7.88. The van der Waals surface area contributed by atoms with Crippen LogP contribution in [-0.4, -0.2) is 13.4 Å². The van der Waals surface area contributed by atoms with Crippen molar-refractivity contribution in [3.8, 4) is 0 Å². The molecular weight excluding hydrogens is 212 g/mol. The van der Waals surface area contributed by atoms with Gasteiger partial charge >= 0.3 is 0 Å². The summed E-state index contributed by atoms with van der Waals surface area (Å²) in [6.45, 7) is 1.73. The van der Waals surface area contributed by atoms with Crippen LogP contribution < -0.4 is 5.14 Å². The van der Waals surface area contributed by atoms with Gasteiger partial charge in [-0.15, -0.1) is 0 Å². The molecule has 0 saturated carbocycles. The molecule has 1 rings (SSSR count). The second-order valence-corrected chi connectivity index (χ2v) is 4.75. The monoisotopic (exact) mass is 220 g/mol. The van der Waals surface area contributed by atoms with Gasteiger partial charge in [0.25, 0.3) is 0 Å². The predicted octanol–water partition coefficient (Wildman–Crippen LogP) is 0.832. The molecule has 1 aromatic heterocycles. The number of sulfonamides is 1. The SMILES string of the molecule is Cc1cc(CS(N)(=O)=O)cc(Cl)n1. The Hall–Kier alpha value is -0.650. The molecule has 13 heavy (non-hydrogen) atoms. The largest absolute Gasteiger partial charge is 0.241 e. The summed E-state index contributed by atoms with van der Waals surface area (Å²) in [4.78, 5) is 3.89. The van der Waals surface area contributed by atoms with Crippen LogP contribution in [-0.2, 0) is 15.8 Å². The highest BCUT2D eigenvalue weighted by atomic mass is 35.5. The Morgan fingerprint density at radius 1 is 1.54 bits per heavy atom. The average molecular weight is 221 g/mol. The fourth-order valence-electron chi connectivity index (χ4n) is 1.01. The second kappa shape index (κ2) is 3.61. The van der Waals surface area contributed by atoms with Crippen LogP contribution in [0.15, 0.2) is 12.1 Å². The van der Waals surface area contributed by atoms with E-state index < -0.39 is 10.0 Å². The molecule has 0 aliphatic carbocycles. The lowest BCUT2D eigenvalue weighted by Gasteiger charge is -2.01. The fourth-order valence-corrected chi connectivity index (χ4v) is 1.92. The van der Waals surface area contributed by atoms with Crippen molar-refractivity contribution in [3.63, 3.8) is 0 Å². The van der Waals surface area contributed by atoms with E-state index in [1.165, 1.54) is 6.07 Å². The molecule has 0 aliphatic rings. The van der Waals surface area contributed by atoms with E-state index in [2.05, 4.69) is 4.98 Å². The minimum absolute atomic E-state index is 0.212. The van der Waals surface area contributed by atoms with Crippen molar-refractivity contribution < 1.29 is 8.42 Å². The molecular formula is C7H9ClN2O2S. The van der Waals surface area contributed by atoms with Crippen LogP contribution in [0.2, 0.25) is 5.15 Å². The number of hydrogen-bond donors (Lipinski definition) is 1. The molecule has 0 aromatic carbocycles. The Labute approximate surface area is 81.8 Å². The van der Waals surface area contributed by atoms with Gasteiger partial charge in [0.15, 0.2) is 0 Å². The lowest BCUT2D eigenvalue weighted by atomic mass is 10.2. The maximum Gasteiger partial charge on any atom is 0.213 e. The first kappa shape index (κ1) is 10.4. The fraction of sp³-hybridized carbons (Fsp3) is 0.286. The van der Waals surface area contributed by atoms with Crippen molar-refractivity contribution in [2.24, 2.45) is 5.14 Å². The molecule has 0 atom stereocenters. The van der Waals surface area contributed by atoms with Crippen LogP contribution in [0.25, 0.3) is 0 Å². The quantitative estimate of drug-likeness (QED) is 0.751. The molecule has 0 radical (unpaired) electrons. The van der Waals surface area contributed by atoms with Crippen molar-refractivity contribution in [2.45, 2.75) is 12.7 Å². The summed E-state index contributed by atoms with van der Waals surface area (Å²) in [5.74, 6) is -0.212. The van der Waals surface area contributed by atoms with E-state index in [4.69, 9.17) is 16.7 Å². The first-order valence-electron chi connectivity index (χ1n) is 3.50. The summed E-state index contributed by atoms with van der Waals surface area (Å²) in [6, 6.07) is 3.12. The van der Waals surface area contributed by atoms with Gasteiger partial charge in [-0.3, -0.25) is 0 Å². The van der Waals surface area contributed by atoms with Crippen molar-refractivity contribution >= 4 is 21.6 Å². The van der Waals surface area contributed by atoms with Crippen molar-refractivity contribution in [2.75, 3.05) is 0 Å². The molecule has 0 amide bonds. The average Bonchev–Trinajstić information content (AvgIpc) is 1.78. The first-order valence-corrected chi connectivity index (χ1v) is 5.60. The van der Waals surface area contributed by atoms with Gasteiger partial charge in [0.2, 0.25) is 10.0 Å². The smallest absolute Gasteiger partial charge is 0.213 e. The highest BCUT2D eigenvalue weighted by Crippen LogP contribution is 2.11. The Balaban J connectivity index is 3.03. The minimum atomic E-state index is -3.50. The third-order valence-electron chi connectivity index (χ3n) is 1.35. The molecule has 0 aliphatic heterocycles. The summed E-state index contributed by atoms with van der Waals surface area (Å²) >= 11 is 5.63. The molecule has 0 bridgehead atoms. The number of aromatic nitrogens is 1. The molecule has 2 N–H and O–H groups in total. The van der Waals surface area contributed by atoms with Crippen LogP contribution in [0.1, 0.15) is 11.3 Å². The molecule has 1 heterocycles. The number of halogens is 1. The molecule has 0 saturated heterocycles. The van der Waals surface area contributed by atoms with E-state index in [9.17, 15) is 8.42 Å². The standard InChI is InChI=1S/C7H9ClN2O2S/c1-5-2-6(3-7(8)10-5)4-13(9,11)12/h2-3H,4H2,1H3,(H2,9,11,12). The van der Waals surface area contributed by atoms with E-state index >= 15 is 0 Å². The Bertz CT molecular complexity index is 396. The van der Waals surface area contributed by atoms with E-state index in [0.717, 1.165) is 0 Å². The van der Waals surface area contributed by atoms with Gasteiger partial charge in [-0.25, -0.2) is 18.5 Å². The third kappa shape index (κ3) is 3.71. The molecule has 4 nitrogen and oxygen atoms in total. The first-order chi connectivity index (χ1) is 5.87. The summed E-state index contributed by atoms with van der Waals surface area (Å²) < 4.78 is 21.5. The van der Waals surface area contributed by atoms with E-state index in [-0.39, 0.29) is 10.9 Å². The number of primary sulfonamides is 1. The van der Waals surface area contributed by atoms with Gasteiger partial charge in [0.05, 0.1) is 5.75 Å². The number of aryl methyl sites for hydroxylation is 1. The highest BCUT2D eigenvalue weighted by Gasteiger charge is 2.06. The Kier molecular flexibility index (Phi) is 2.90. The van der Waals surface area contributed by atoms with Crippen LogP contribution in [0, 0.1) is 6.92 Å². The van der Waals surface area contributed by atoms with Crippen LogP contribution in [0.4, 0.5) is 0 Å². The summed E-state index contributed by atoms with van der Waals surface area (Å²) in [7, 11) is -3.50. The van der Waals surface area contributed by atoms with E-state index in [1.54, 1.807) is 13.0 Å². The number of rotatable bonds is 2. The topological polar surface area (TPSA) is 73.1 Å². The van der Waals surface area contributed by atoms with Crippen LogP contribution in [0.5, 0.6) is 0 Å². The lowest BCUT2D eigenvalue weighted by molar-refractivity contribution is 0.597. The molecule has 1 aromatic rings. The Morgan fingerprint density at radius 2 is 2.15 bits per heavy atom. The van der Waals surface area contributed by atoms with E-state index in [1.807, 2.05) is 0 Å². The van der Waals surface area contributed by atoms with Gasteiger partial charge in [0.1, 0.15) is 5.15 Å². The minimum Gasteiger partial charge on any atom is -0.241 e. The molecule has 6 heteroatoms. The second-order valence-electron chi connectivity index (χ2n) is 2.75. The van der Waals surface area contributed by atoms with Gasteiger partial charge in [-0.2, -0.15) is 0 Å². The number of nitrogens with two attached hydrogens (primary N) is 1. The zero-order valence-corrected chi connectivity index (χ0v) is 8.56. The van der Waals surface area contributed by atoms with Gasteiger partial charge in [0, 0.05) is 5.69 Å². The van der Waals surface area contributed by atoms with Crippen LogP contribution in [0.3, 0.4) is 0 Å². The van der Waals surface area contributed by atoms with Gasteiger partial charge in [-0.1, -0.05) is 11.6 Å². The zero-order valence-electron chi connectivity index (χ0n) is 6.99. The van der Waals surface area contributed by atoms with Gasteiger partial charge in [-0.05, 0) is 24.6 Å².